The minimum absolute atomic E-state index is 0.308. The van der Waals surface area contributed by atoms with Gasteiger partial charge in [-0.15, -0.1) is 0 Å². The molecule has 0 aromatic heterocycles. The van der Waals surface area contributed by atoms with E-state index in [0.717, 1.165) is 0 Å². The average Bonchev–Trinajstić information content (AvgIpc) is 2.11. The van der Waals surface area contributed by atoms with E-state index < -0.39 is 18.0 Å². The first kappa shape index (κ1) is 11.6. The van der Waals surface area contributed by atoms with Gasteiger partial charge in [-0.2, -0.15) is 0 Å². The van der Waals surface area contributed by atoms with Gasteiger partial charge in [-0.05, 0) is 12.8 Å². The lowest BCUT2D eigenvalue weighted by Gasteiger charge is -2.01. The second kappa shape index (κ2) is 6.19. The van der Waals surface area contributed by atoms with Gasteiger partial charge in [0, 0.05) is 6.08 Å². The molecule has 0 spiro atoms. The van der Waals surface area contributed by atoms with E-state index in [2.05, 4.69) is 4.74 Å². The summed E-state index contributed by atoms with van der Waals surface area (Å²) in [7, 11) is 1.27. The van der Waals surface area contributed by atoms with Gasteiger partial charge in [0.1, 0.15) is 6.04 Å². The van der Waals surface area contributed by atoms with Crippen molar-refractivity contribution in [1.82, 2.24) is 0 Å². The van der Waals surface area contributed by atoms with Crippen molar-refractivity contribution in [2.75, 3.05) is 7.11 Å². The quantitative estimate of drug-likeness (QED) is 0.463. The number of carbonyl (C=O) groups excluding carboxylic acids is 1. The standard InChI is InChI=1S/C8H13NO4/c1-13-7(10)5-3-2-4-6(9)8(11)12/h3,5-6H,2,4,9H2,1H3,(H,11,12)/b5-3+. The van der Waals surface area contributed by atoms with Gasteiger partial charge in [0.2, 0.25) is 0 Å². The Labute approximate surface area is 76.2 Å². The summed E-state index contributed by atoms with van der Waals surface area (Å²) >= 11 is 0. The normalized spacial score (nSPS) is 12.8. The van der Waals surface area contributed by atoms with Crippen molar-refractivity contribution in [2.45, 2.75) is 18.9 Å². The Morgan fingerprint density at radius 3 is 2.69 bits per heavy atom. The van der Waals surface area contributed by atoms with E-state index in [1.165, 1.54) is 19.3 Å². The molecule has 5 heteroatoms. The predicted molar refractivity (Wildman–Crippen MR) is 46.0 cm³/mol. The Kier molecular flexibility index (Phi) is 5.54. The van der Waals surface area contributed by atoms with Crippen LogP contribution >= 0.6 is 0 Å². The molecule has 0 saturated heterocycles. The van der Waals surface area contributed by atoms with E-state index in [-0.39, 0.29) is 0 Å². The lowest BCUT2D eigenvalue weighted by molar-refractivity contribution is -0.138. The van der Waals surface area contributed by atoms with Gasteiger partial charge in [0.05, 0.1) is 7.11 Å². The third kappa shape index (κ3) is 5.86. The molecule has 0 aliphatic heterocycles. The maximum absolute atomic E-state index is 10.5. The Morgan fingerprint density at radius 2 is 2.23 bits per heavy atom. The summed E-state index contributed by atoms with van der Waals surface area (Å²) in [6.07, 6.45) is 3.54. The summed E-state index contributed by atoms with van der Waals surface area (Å²) in [4.78, 5) is 20.8. The molecule has 0 saturated carbocycles. The smallest absolute Gasteiger partial charge is 0.330 e. The van der Waals surface area contributed by atoms with Crippen molar-refractivity contribution in [2.24, 2.45) is 5.73 Å². The van der Waals surface area contributed by atoms with Crippen LogP contribution in [0.2, 0.25) is 0 Å². The zero-order valence-corrected chi connectivity index (χ0v) is 7.40. The lowest BCUT2D eigenvalue weighted by atomic mass is 10.1. The number of carbonyl (C=O) groups is 2. The molecular formula is C8H13NO4. The fraction of sp³-hybridized carbons (Fsp3) is 0.500. The van der Waals surface area contributed by atoms with E-state index in [1.807, 2.05) is 0 Å². The van der Waals surface area contributed by atoms with Crippen LogP contribution in [-0.2, 0) is 14.3 Å². The van der Waals surface area contributed by atoms with Crippen LogP contribution in [0.1, 0.15) is 12.8 Å². The summed E-state index contributed by atoms with van der Waals surface area (Å²) < 4.78 is 4.33. The third-order valence-electron chi connectivity index (χ3n) is 1.42. The first-order valence-corrected chi connectivity index (χ1v) is 3.80. The Balaban J connectivity index is 3.61. The number of esters is 1. The Bertz CT molecular complexity index is 212. The summed E-state index contributed by atoms with van der Waals surface area (Å²) in [6, 6.07) is -0.873. The average molecular weight is 187 g/mol. The number of carboxylic acid groups (broad SMARTS) is 1. The molecule has 5 nitrogen and oxygen atoms in total. The van der Waals surface area contributed by atoms with Gasteiger partial charge >= 0.3 is 11.9 Å². The molecule has 0 rings (SSSR count). The number of methoxy groups -OCH3 is 1. The van der Waals surface area contributed by atoms with Crippen molar-refractivity contribution in [1.29, 1.82) is 0 Å². The van der Waals surface area contributed by atoms with Crippen LogP contribution in [0.25, 0.3) is 0 Å². The van der Waals surface area contributed by atoms with E-state index in [9.17, 15) is 9.59 Å². The van der Waals surface area contributed by atoms with Gasteiger partial charge in [0.25, 0.3) is 0 Å². The minimum Gasteiger partial charge on any atom is -0.480 e. The van der Waals surface area contributed by atoms with Crippen molar-refractivity contribution >= 4 is 11.9 Å². The summed E-state index contributed by atoms with van der Waals surface area (Å²) in [6.45, 7) is 0. The van der Waals surface area contributed by atoms with E-state index in [4.69, 9.17) is 10.8 Å². The molecule has 1 atom stereocenters. The number of hydrogen-bond donors (Lipinski definition) is 2. The minimum atomic E-state index is -1.04. The highest BCUT2D eigenvalue weighted by atomic mass is 16.5. The van der Waals surface area contributed by atoms with Crippen LogP contribution in [0, 0.1) is 0 Å². The number of rotatable bonds is 5. The fourth-order valence-corrected chi connectivity index (χ4v) is 0.647. The van der Waals surface area contributed by atoms with Crippen molar-refractivity contribution < 1.29 is 19.4 Å². The van der Waals surface area contributed by atoms with Gasteiger partial charge in [-0.3, -0.25) is 4.79 Å². The molecule has 0 amide bonds. The van der Waals surface area contributed by atoms with Crippen molar-refractivity contribution in [3.05, 3.63) is 12.2 Å². The van der Waals surface area contributed by atoms with Gasteiger partial charge < -0.3 is 15.6 Å². The van der Waals surface area contributed by atoms with E-state index in [1.54, 1.807) is 0 Å². The Morgan fingerprint density at radius 1 is 1.62 bits per heavy atom. The second-order valence-corrected chi connectivity index (χ2v) is 2.45. The van der Waals surface area contributed by atoms with Gasteiger partial charge in [0.15, 0.2) is 0 Å². The molecule has 1 unspecified atom stereocenters. The molecule has 0 bridgehead atoms. The molecule has 0 radical (unpaired) electrons. The molecular weight excluding hydrogens is 174 g/mol. The number of ether oxygens (including phenoxy) is 1. The lowest BCUT2D eigenvalue weighted by Crippen LogP contribution is -2.29. The van der Waals surface area contributed by atoms with Crippen LogP contribution in [0.5, 0.6) is 0 Å². The predicted octanol–water partition coefficient (Wildman–Crippen LogP) is -0.0923. The monoisotopic (exact) mass is 187 g/mol. The fourth-order valence-electron chi connectivity index (χ4n) is 0.647. The summed E-state index contributed by atoms with van der Waals surface area (Å²) in [5.74, 6) is -1.49. The molecule has 3 N–H and O–H groups in total. The first-order valence-electron chi connectivity index (χ1n) is 3.80. The van der Waals surface area contributed by atoms with Crippen molar-refractivity contribution in [3.8, 4) is 0 Å². The highest BCUT2D eigenvalue weighted by molar-refractivity contribution is 5.81. The number of allylic oxidation sites excluding steroid dienone is 1. The maximum atomic E-state index is 10.5. The molecule has 0 fully saturated rings. The largest absolute Gasteiger partial charge is 0.480 e. The number of carboxylic acids is 1. The van der Waals surface area contributed by atoms with Gasteiger partial charge in [-0.25, -0.2) is 4.79 Å². The van der Waals surface area contributed by atoms with Crippen LogP contribution in [-0.4, -0.2) is 30.2 Å². The second-order valence-electron chi connectivity index (χ2n) is 2.45. The van der Waals surface area contributed by atoms with Gasteiger partial charge in [-0.1, -0.05) is 6.08 Å². The SMILES string of the molecule is COC(=O)/C=C/CCC(N)C(=O)O. The molecule has 13 heavy (non-hydrogen) atoms. The molecule has 0 heterocycles. The van der Waals surface area contributed by atoms with Crippen LogP contribution in [0.3, 0.4) is 0 Å². The molecule has 74 valence electrons. The topological polar surface area (TPSA) is 89.6 Å². The zero-order valence-electron chi connectivity index (χ0n) is 7.40. The first-order chi connectivity index (χ1) is 6.07. The summed E-state index contributed by atoms with van der Waals surface area (Å²) in [5.41, 5.74) is 5.22. The molecule has 0 aromatic carbocycles. The number of hydrogen-bond acceptors (Lipinski definition) is 4. The highest BCUT2D eigenvalue weighted by Crippen LogP contribution is 1.96. The summed E-state index contributed by atoms with van der Waals surface area (Å²) in [5, 5.41) is 8.40. The number of nitrogens with two attached hydrogens (primary N) is 1. The molecule has 0 aliphatic rings. The van der Waals surface area contributed by atoms with E-state index >= 15 is 0 Å². The maximum Gasteiger partial charge on any atom is 0.330 e. The van der Waals surface area contributed by atoms with Crippen LogP contribution < -0.4 is 5.73 Å². The van der Waals surface area contributed by atoms with E-state index in [0.29, 0.717) is 12.8 Å². The van der Waals surface area contributed by atoms with Crippen molar-refractivity contribution in [3.63, 3.8) is 0 Å². The Hall–Kier alpha value is -1.36. The number of aliphatic carboxylic acids is 1. The highest BCUT2D eigenvalue weighted by Gasteiger charge is 2.08. The molecule has 0 aromatic rings. The zero-order chi connectivity index (χ0) is 10.3. The van der Waals surface area contributed by atoms with Crippen LogP contribution in [0.4, 0.5) is 0 Å². The third-order valence-corrected chi connectivity index (χ3v) is 1.42. The molecule has 0 aliphatic carbocycles. The van der Waals surface area contributed by atoms with Crippen LogP contribution in [0.15, 0.2) is 12.2 Å².